The van der Waals surface area contributed by atoms with E-state index < -0.39 is 28.5 Å². The van der Waals surface area contributed by atoms with Crippen LogP contribution in [0.5, 0.6) is 11.5 Å². The van der Waals surface area contributed by atoms with E-state index in [9.17, 15) is 18.0 Å². The van der Waals surface area contributed by atoms with Crippen molar-refractivity contribution < 1.29 is 27.5 Å². The van der Waals surface area contributed by atoms with Crippen LogP contribution >= 0.6 is 0 Å². The van der Waals surface area contributed by atoms with Crippen LogP contribution in [0.1, 0.15) is 24.5 Å². The van der Waals surface area contributed by atoms with Crippen LogP contribution in [-0.2, 0) is 32.6 Å². The Balaban J connectivity index is 1.84. The summed E-state index contributed by atoms with van der Waals surface area (Å²) < 4.78 is 40.4. The van der Waals surface area contributed by atoms with E-state index in [1.807, 2.05) is 67.6 Å². The van der Waals surface area contributed by atoms with Crippen molar-refractivity contribution in [2.45, 2.75) is 37.2 Å². The van der Waals surface area contributed by atoms with Crippen LogP contribution in [0.15, 0.2) is 114 Å². The summed E-state index contributed by atoms with van der Waals surface area (Å²) in [5.41, 5.74) is 1.79. The van der Waals surface area contributed by atoms with E-state index in [0.717, 1.165) is 21.9 Å². The highest BCUT2D eigenvalue weighted by molar-refractivity contribution is 7.92. The first-order valence-electron chi connectivity index (χ1n) is 14.7. The molecule has 0 aliphatic carbocycles. The van der Waals surface area contributed by atoms with E-state index in [1.54, 1.807) is 30.3 Å². The van der Waals surface area contributed by atoms with Crippen LogP contribution in [0.4, 0.5) is 5.69 Å². The minimum atomic E-state index is -4.28. The molecule has 0 saturated carbocycles. The Morgan fingerprint density at radius 2 is 1.40 bits per heavy atom. The molecule has 4 aromatic rings. The number of ether oxygens (including phenoxy) is 2. The van der Waals surface area contributed by atoms with E-state index in [1.165, 1.54) is 37.3 Å². The van der Waals surface area contributed by atoms with Crippen molar-refractivity contribution in [3.05, 3.63) is 120 Å². The Kier molecular flexibility index (Phi) is 11.6. The highest BCUT2D eigenvalue weighted by atomic mass is 32.2. The van der Waals surface area contributed by atoms with Crippen LogP contribution in [-0.4, -0.2) is 58.5 Å². The van der Waals surface area contributed by atoms with E-state index in [2.05, 4.69) is 5.32 Å². The molecule has 4 rings (SSSR count). The maximum absolute atomic E-state index is 14.5. The lowest BCUT2D eigenvalue weighted by molar-refractivity contribution is -0.140. The maximum Gasteiger partial charge on any atom is 0.264 e. The van der Waals surface area contributed by atoms with Crippen LogP contribution in [0.3, 0.4) is 0 Å². The van der Waals surface area contributed by atoms with Crippen molar-refractivity contribution >= 4 is 27.5 Å². The Labute approximate surface area is 265 Å². The fourth-order valence-electron chi connectivity index (χ4n) is 4.92. The first-order chi connectivity index (χ1) is 21.8. The van der Waals surface area contributed by atoms with E-state index >= 15 is 0 Å². The minimum Gasteiger partial charge on any atom is -0.497 e. The number of amides is 2. The van der Waals surface area contributed by atoms with Crippen molar-refractivity contribution in [3.63, 3.8) is 0 Å². The fraction of sp³-hybridized carbons (Fsp3) is 0.257. The molecule has 0 aromatic heterocycles. The molecule has 0 saturated heterocycles. The molecule has 0 aliphatic heterocycles. The Morgan fingerprint density at radius 3 is 1.98 bits per heavy atom. The van der Waals surface area contributed by atoms with Crippen LogP contribution in [0.2, 0.25) is 0 Å². The van der Waals surface area contributed by atoms with Gasteiger partial charge in [-0.1, -0.05) is 85.8 Å². The molecule has 0 bridgehead atoms. The summed E-state index contributed by atoms with van der Waals surface area (Å²) in [5, 5.41) is 2.95. The number of nitrogens with zero attached hydrogens (tertiary/aromatic N) is 2. The Morgan fingerprint density at radius 1 is 0.800 bits per heavy atom. The molecule has 0 heterocycles. The smallest absolute Gasteiger partial charge is 0.264 e. The summed E-state index contributed by atoms with van der Waals surface area (Å²) in [6.45, 7) is 1.88. The van der Waals surface area contributed by atoms with Gasteiger partial charge in [0.15, 0.2) is 0 Å². The highest BCUT2D eigenvalue weighted by Gasteiger charge is 2.35. The van der Waals surface area contributed by atoms with Gasteiger partial charge in [0.05, 0.1) is 24.8 Å². The zero-order chi connectivity index (χ0) is 32.2. The largest absolute Gasteiger partial charge is 0.497 e. The molecule has 10 heteroatoms. The molecule has 0 fully saturated rings. The Hall–Kier alpha value is -4.83. The summed E-state index contributed by atoms with van der Waals surface area (Å²) in [6, 6.07) is 30.5. The molecule has 0 radical (unpaired) electrons. The molecule has 0 spiro atoms. The number of carbonyl (C=O) groups excluding carboxylic acids is 2. The van der Waals surface area contributed by atoms with Gasteiger partial charge in [-0.25, -0.2) is 8.42 Å². The van der Waals surface area contributed by atoms with Gasteiger partial charge in [0.2, 0.25) is 11.8 Å². The number of hydrogen-bond donors (Lipinski definition) is 1. The topological polar surface area (TPSA) is 105 Å². The monoisotopic (exact) mass is 629 g/mol. The number of hydrogen-bond acceptors (Lipinski definition) is 6. The lowest BCUT2D eigenvalue weighted by Crippen LogP contribution is -2.53. The number of nitrogens with one attached hydrogen (secondary N) is 1. The first kappa shape index (κ1) is 33.1. The second kappa shape index (κ2) is 15.8. The quantitative estimate of drug-likeness (QED) is 0.197. The van der Waals surface area contributed by atoms with E-state index in [4.69, 9.17) is 9.47 Å². The normalized spacial score (nSPS) is 11.7. The van der Waals surface area contributed by atoms with Crippen LogP contribution in [0, 0.1) is 0 Å². The average Bonchev–Trinajstić information content (AvgIpc) is 3.08. The molecular weight excluding hydrogens is 590 g/mol. The zero-order valence-electron chi connectivity index (χ0n) is 25.8. The third-order valence-corrected chi connectivity index (χ3v) is 9.05. The number of carbonyl (C=O) groups is 2. The lowest BCUT2D eigenvalue weighted by atomic mass is 10.0. The lowest BCUT2D eigenvalue weighted by Gasteiger charge is -2.34. The number of benzene rings is 4. The van der Waals surface area contributed by atoms with E-state index in [0.29, 0.717) is 12.3 Å². The molecule has 1 N–H and O–H groups in total. The zero-order valence-corrected chi connectivity index (χ0v) is 26.6. The minimum absolute atomic E-state index is 0.00110. The van der Waals surface area contributed by atoms with Gasteiger partial charge < -0.3 is 19.7 Å². The maximum atomic E-state index is 14.5. The predicted octanol–water partition coefficient (Wildman–Crippen LogP) is 5.07. The molecule has 1 atom stereocenters. The van der Waals surface area contributed by atoms with Crippen LogP contribution in [0.25, 0.3) is 0 Å². The molecule has 45 heavy (non-hydrogen) atoms. The number of methoxy groups -OCH3 is 2. The molecule has 0 aliphatic rings. The predicted molar refractivity (Wildman–Crippen MR) is 175 cm³/mol. The van der Waals surface area contributed by atoms with Gasteiger partial charge in [0.1, 0.15) is 24.1 Å². The molecule has 236 valence electrons. The second-order valence-corrected chi connectivity index (χ2v) is 12.2. The standard InChI is InChI=1S/C35H39N3O6S/c1-4-22-36-35(40)32(23-27-14-8-5-9-15-27)37(25-28-16-10-6-11-17-28)34(39)26-38(45(41,42)30-18-12-7-13-19-30)31-24-29(43-2)20-21-33(31)44-3/h5-21,24,32H,4,22-23,25-26H2,1-3H3,(H,36,40)/t32-/m0/s1. The van der Waals surface area contributed by atoms with Gasteiger partial charge in [-0.15, -0.1) is 0 Å². The number of sulfonamides is 1. The molecule has 2 amide bonds. The summed E-state index contributed by atoms with van der Waals surface area (Å²) in [4.78, 5) is 29.7. The fourth-order valence-corrected chi connectivity index (χ4v) is 6.36. The first-order valence-corrected chi connectivity index (χ1v) is 16.2. The third kappa shape index (κ3) is 8.42. The van der Waals surface area contributed by atoms with Gasteiger partial charge in [-0.05, 0) is 41.8 Å². The summed E-state index contributed by atoms with van der Waals surface area (Å²) in [7, 11) is -1.39. The van der Waals surface area contributed by atoms with Gasteiger partial charge in [0, 0.05) is 25.6 Å². The number of anilines is 1. The van der Waals surface area contributed by atoms with Gasteiger partial charge in [-0.2, -0.15) is 0 Å². The summed E-state index contributed by atoms with van der Waals surface area (Å²) >= 11 is 0. The highest BCUT2D eigenvalue weighted by Crippen LogP contribution is 2.36. The van der Waals surface area contributed by atoms with Gasteiger partial charge >= 0.3 is 0 Å². The second-order valence-electron chi connectivity index (χ2n) is 10.4. The van der Waals surface area contributed by atoms with Crippen molar-refractivity contribution in [1.82, 2.24) is 10.2 Å². The average molecular weight is 630 g/mol. The molecule has 9 nitrogen and oxygen atoms in total. The van der Waals surface area contributed by atoms with Crippen molar-refractivity contribution in [2.75, 3.05) is 31.6 Å². The van der Waals surface area contributed by atoms with Gasteiger partial charge in [-0.3, -0.25) is 13.9 Å². The molecule has 4 aromatic carbocycles. The van der Waals surface area contributed by atoms with Crippen molar-refractivity contribution in [1.29, 1.82) is 0 Å². The van der Waals surface area contributed by atoms with Crippen molar-refractivity contribution in [3.8, 4) is 11.5 Å². The third-order valence-electron chi connectivity index (χ3n) is 7.28. The Bertz CT molecular complexity index is 1650. The number of rotatable bonds is 15. The molecular formula is C35H39N3O6S. The van der Waals surface area contributed by atoms with Crippen molar-refractivity contribution in [2.24, 2.45) is 0 Å². The summed E-state index contributed by atoms with van der Waals surface area (Å²) in [5.74, 6) is -0.259. The van der Waals surface area contributed by atoms with Gasteiger partial charge in [0.25, 0.3) is 10.0 Å². The molecule has 0 unspecified atom stereocenters. The van der Waals surface area contributed by atoms with E-state index in [-0.39, 0.29) is 35.2 Å². The SMILES string of the molecule is CCCNC(=O)[C@H](Cc1ccccc1)N(Cc1ccccc1)C(=O)CN(c1cc(OC)ccc1OC)S(=O)(=O)c1ccccc1. The van der Waals surface area contributed by atoms with Crippen LogP contribution < -0.4 is 19.1 Å². The summed E-state index contributed by atoms with van der Waals surface area (Å²) in [6.07, 6.45) is 0.956.